The van der Waals surface area contributed by atoms with E-state index in [4.69, 9.17) is 4.74 Å². The van der Waals surface area contributed by atoms with Gasteiger partial charge in [0.25, 0.3) is 5.91 Å². The van der Waals surface area contributed by atoms with Gasteiger partial charge in [0.2, 0.25) is 0 Å². The number of rotatable bonds is 5. The van der Waals surface area contributed by atoms with Crippen molar-refractivity contribution in [3.05, 3.63) is 70.0 Å². The summed E-state index contributed by atoms with van der Waals surface area (Å²) in [5.74, 6) is -0.596. The van der Waals surface area contributed by atoms with Crippen molar-refractivity contribution in [1.82, 2.24) is 15.3 Å². The number of hydrogen-bond acceptors (Lipinski definition) is 5. The Morgan fingerprint density at radius 3 is 2.86 bits per heavy atom. The number of aromatic amines is 1. The summed E-state index contributed by atoms with van der Waals surface area (Å²) in [4.78, 5) is 32.1. The van der Waals surface area contributed by atoms with Gasteiger partial charge in [-0.15, -0.1) is 0 Å². The number of para-hydroxylation sites is 1. The summed E-state index contributed by atoms with van der Waals surface area (Å²) in [6, 6.07) is 6.66. The molecule has 0 radical (unpaired) electrons. The molecule has 1 aliphatic rings. The summed E-state index contributed by atoms with van der Waals surface area (Å²) >= 11 is 0. The lowest BCUT2D eigenvalue weighted by Gasteiger charge is -2.38. The topological polar surface area (TPSA) is 104 Å². The number of aliphatic hydroxyl groups excluding tert-OH is 1. The van der Waals surface area contributed by atoms with Crippen LogP contribution in [0.1, 0.15) is 34.9 Å². The highest BCUT2D eigenvalue weighted by molar-refractivity contribution is 5.95. The molecule has 0 unspecified atom stereocenters. The molecule has 4 rings (SSSR count). The predicted molar refractivity (Wildman–Crippen MR) is 104 cm³/mol. The smallest absolute Gasteiger partial charge is 0.268 e. The number of aliphatic hydroxyl groups is 1. The van der Waals surface area contributed by atoms with Gasteiger partial charge in [-0.3, -0.25) is 14.6 Å². The summed E-state index contributed by atoms with van der Waals surface area (Å²) in [5.41, 5.74) is 0.239. The fraction of sp³-hybridized carbons (Fsp3) is 0.286. The van der Waals surface area contributed by atoms with Crippen LogP contribution in [0.5, 0.6) is 5.75 Å². The molecule has 1 aliphatic carbocycles. The van der Waals surface area contributed by atoms with E-state index >= 15 is 0 Å². The van der Waals surface area contributed by atoms with Crippen molar-refractivity contribution < 1.29 is 19.0 Å². The highest BCUT2D eigenvalue weighted by Crippen LogP contribution is 2.38. The number of carbonyl (C=O) groups excluding carboxylic acids is 1. The average Bonchev–Trinajstić information content (AvgIpc) is 2.70. The number of aromatic nitrogens is 2. The Morgan fingerprint density at radius 1 is 1.34 bits per heavy atom. The minimum Gasteiger partial charge on any atom is -0.495 e. The third kappa shape index (κ3) is 3.71. The van der Waals surface area contributed by atoms with Crippen molar-refractivity contribution in [2.45, 2.75) is 25.0 Å². The zero-order valence-electron chi connectivity index (χ0n) is 15.7. The van der Waals surface area contributed by atoms with Crippen LogP contribution in [-0.2, 0) is 0 Å². The number of hydrogen-bond donors (Lipinski definition) is 3. The molecule has 150 valence electrons. The van der Waals surface area contributed by atoms with Gasteiger partial charge in [0.1, 0.15) is 17.3 Å². The van der Waals surface area contributed by atoms with Gasteiger partial charge in [0.15, 0.2) is 5.43 Å². The standard InChI is InChI=1S/C21H20FN3O4/c1-29-14-7-12(9-23-10-14)19(11-5-13(26)6-11)25-21(28)17-8-18(27)15-3-2-4-16(22)20(15)24-17/h2-4,7-11,13,19,26H,5-6H2,1H3,(H,24,27)(H,25,28)/t11?,13?,19-/m1/s1. The Kier molecular flexibility index (Phi) is 5.02. The second-order valence-electron chi connectivity index (χ2n) is 7.20. The molecule has 0 bridgehead atoms. The maximum absolute atomic E-state index is 14.1. The maximum atomic E-state index is 14.1. The molecular weight excluding hydrogens is 377 g/mol. The Bertz CT molecular complexity index is 1120. The first kappa shape index (κ1) is 19.1. The SMILES string of the molecule is COc1cncc([C@H](NC(=O)c2cc(=O)c3cccc(F)c3[nH]2)C2CC(O)C2)c1. The number of ether oxygens (including phenoxy) is 1. The van der Waals surface area contributed by atoms with Gasteiger partial charge in [-0.2, -0.15) is 0 Å². The summed E-state index contributed by atoms with van der Waals surface area (Å²) in [5, 5.41) is 12.8. The fourth-order valence-electron chi connectivity index (χ4n) is 3.67. The zero-order valence-corrected chi connectivity index (χ0v) is 15.7. The maximum Gasteiger partial charge on any atom is 0.268 e. The van der Waals surface area contributed by atoms with Crippen LogP contribution in [0.3, 0.4) is 0 Å². The lowest BCUT2D eigenvalue weighted by atomic mass is 9.75. The lowest BCUT2D eigenvalue weighted by molar-refractivity contribution is 0.0234. The van der Waals surface area contributed by atoms with E-state index in [2.05, 4.69) is 15.3 Å². The van der Waals surface area contributed by atoms with Gasteiger partial charge in [-0.05, 0) is 42.5 Å². The number of benzene rings is 1. The van der Waals surface area contributed by atoms with Crippen LogP contribution in [0.25, 0.3) is 10.9 Å². The van der Waals surface area contributed by atoms with E-state index in [0.29, 0.717) is 18.6 Å². The molecule has 2 heterocycles. The van der Waals surface area contributed by atoms with Crippen LogP contribution in [0, 0.1) is 11.7 Å². The number of pyridine rings is 2. The van der Waals surface area contributed by atoms with E-state index in [-0.39, 0.29) is 22.5 Å². The normalized spacial score (nSPS) is 19.4. The summed E-state index contributed by atoms with van der Waals surface area (Å²) < 4.78 is 19.3. The van der Waals surface area contributed by atoms with Crippen molar-refractivity contribution in [3.63, 3.8) is 0 Å². The van der Waals surface area contributed by atoms with Crippen molar-refractivity contribution in [3.8, 4) is 5.75 Å². The van der Waals surface area contributed by atoms with Crippen LogP contribution in [-0.4, -0.2) is 34.2 Å². The number of halogens is 1. The first-order chi connectivity index (χ1) is 14.0. The highest BCUT2D eigenvalue weighted by Gasteiger charge is 2.36. The predicted octanol–water partition coefficient (Wildman–Crippen LogP) is 2.31. The molecular formula is C21H20FN3O4. The quantitative estimate of drug-likeness (QED) is 0.613. The molecule has 0 spiro atoms. The van der Waals surface area contributed by atoms with Gasteiger partial charge in [0.05, 0.1) is 31.0 Å². The lowest BCUT2D eigenvalue weighted by Crippen LogP contribution is -2.41. The molecule has 0 saturated heterocycles. The molecule has 1 aromatic carbocycles. The third-order valence-corrected chi connectivity index (χ3v) is 5.30. The van der Waals surface area contributed by atoms with E-state index in [0.717, 1.165) is 11.6 Å². The third-order valence-electron chi connectivity index (χ3n) is 5.30. The second-order valence-corrected chi connectivity index (χ2v) is 7.20. The number of amides is 1. The first-order valence-electron chi connectivity index (χ1n) is 9.25. The molecule has 1 saturated carbocycles. The molecule has 3 N–H and O–H groups in total. The zero-order chi connectivity index (χ0) is 20.5. The van der Waals surface area contributed by atoms with Crippen LogP contribution in [0.4, 0.5) is 4.39 Å². The number of nitrogens with zero attached hydrogens (tertiary/aromatic N) is 1. The van der Waals surface area contributed by atoms with Crippen molar-refractivity contribution in [2.24, 2.45) is 5.92 Å². The number of methoxy groups -OCH3 is 1. The molecule has 1 atom stereocenters. The summed E-state index contributed by atoms with van der Waals surface area (Å²) in [6.45, 7) is 0. The number of carbonyl (C=O) groups is 1. The Balaban J connectivity index is 1.67. The van der Waals surface area contributed by atoms with Crippen LogP contribution < -0.4 is 15.5 Å². The highest BCUT2D eigenvalue weighted by atomic mass is 19.1. The Hall–Kier alpha value is -3.26. The Labute approximate surface area is 165 Å². The number of fused-ring (bicyclic) bond motifs is 1. The summed E-state index contributed by atoms with van der Waals surface area (Å²) in [7, 11) is 1.52. The van der Waals surface area contributed by atoms with Crippen molar-refractivity contribution >= 4 is 16.8 Å². The monoisotopic (exact) mass is 397 g/mol. The van der Waals surface area contributed by atoms with Crippen LogP contribution in [0.2, 0.25) is 0 Å². The molecule has 29 heavy (non-hydrogen) atoms. The van der Waals surface area contributed by atoms with Crippen molar-refractivity contribution in [1.29, 1.82) is 0 Å². The minimum atomic E-state index is -0.607. The van der Waals surface area contributed by atoms with Gasteiger partial charge in [0, 0.05) is 17.6 Å². The molecule has 3 aromatic rings. The molecule has 8 heteroatoms. The van der Waals surface area contributed by atoms with Gasteiger partial charge in [-0.1, -0.05) is 6.07 Å². The van der Waals surface area contributed by atoms with Gasteiger partial charge in [-0.25, -0.2) is 4.39 Å². The molecule has 7 nitrogen and oxygen atoms in total. The number of nitrogens with one attached hydrogen (secondary N) is 2. The Morgan fingerprint density at radius 2 is 2.14 bits per heavy atom. The molecule has 0 aliphatic heterocycles. The number of H-pyrrole nitrogens is 1. The van der Waals surface area contributed by atoms with E-state index in [1.807, 2.05) is 0 Å². The van der Waals surface area contributed by atoms with E-state index < -0.39 is 29.3 Å². The fourth-order valence-corrected chi connectivity index (χ4v) is 3.67. The molecule has 1 amide bonds. The first-order valence-corrected chi connectivity index (χ1v) is 9.25. The minimum absolute atomic E-state index is 0.00627. The molecule has 1 fully saturated rings. The van der Waals surface area contributed by atoms with Crippen LogP contribution >= 0.6 is 0 Å². The van der Waals surface area contributed by atoms with E-state index in [9.17, 15) is 19.1 Å². The van der Waals surface area contributed by atoms with Crippen LogP contribution in [0.15, 0.2) is 47.5 Å². The largest absolute Gasteiger partial charge is 0.495 e. The summed E-state index contributed by atoms with van der Waals surface area (Å²) in [6.07, 6.45) is 3.84. The molecule has 2 aromatic heterocycles. The van der Waals surface area contributed by atoms with E-state index in [1.54, 1.807) is 18.5 Å². The average molecular weight is 397 g/mol. The van der Waals surface area contributed by atoms with Gasteiger partial charge < -0.3 is 20.1 Å². The van der Waals surface area contributed by atoms with E-state index in [1.165, 1.54) is 25.3 Å². The second kappa shape index (κ2) is 7.63. The van der Waals surface area contributed by atoms with Crippen molar-refractivity contribution in [2.75, 3.05) is 7.11 Å². The van der Waals surface area contributed by atoms with Gasteiger partial charge >= 0.3 is 0 Å².